The fraction of sp³-hybridized carbons (Fsp3) is 0.731. The van der Waals surface area contributed by atoms with Gasteiger partial charge in [0.25, 0.3) is 0 Å². The predicted molar refractivity (Wildman–Crippen MR) is 113 cm³/mol. The first kappa shape index (κ1) is 19.2. The number of allylic oxidation sites excluding steroid dienone is 5. The van der Waals surface area contributed by atoms with Crippen molar-refractivity contribution in [1.82, 2.24) is 0 Å². The van der Waals surface area contributed by atoms with Gasteiger partial charge in [-0.25, -0.2) is 0 Å². The van der Waals surface area contributed by atoms with E-state index in [-0.39, 0.29) is 0 Å². The van der Waals surface area contributed by atoms with Crippen LogP contribution in [-0.2, 0) is 4.79 Å². The SMILES string of the molecule is CC(C)=C/C=C/CC1CCC2C3CCC4=CC(=O)CCC4(C)C3CCC12C. The predicted octanol–water partition coefficient (Wildman–Crippen LogP) is 7.05. The molecule has 1 nitrogen and oxygen atoms in total. The summed E-state index contributed by atoms with van der Waals surface area (Å²) in [7, 11) is 0. The largest absolute Gasteiger partial charge is 0.295 e. The minimum Gasteiger partial charge on any atom is -0.295 e. The molecule has 0 aromatic rings. The summed E-state index contributed by atoms with van der Waals surface area (Å²) in [5, 5.41) is 0. The van der Waals surface area contributed by atoms with Crippen molar-refractivity contribution in [2.45, 2.75) is 85.5 Å². The number of carbonyl (C=O) groups excluding carboxylic acids is 1. The van der Waals surface area contributed by atoms with E-state index in [0.717, 1.165) is 36.5 Å². The van der Waals surface area contributed by atoms with Gasteiger partial charge in [-0.3, -0.25) is 4.79 Å². The second-order valence-corrected chi connectivity index (χ2v) is 10.7. The van der Waals surface area contributed by atoms with E-state index < -0.39 is 0 Å². The van der Waals surface area contributed by atoms with Crippen LogP contribution in [0, 0.1) is 34.5 Å². The van der Waals surface area contributed by atoms with Crippen LogP contribution in [0.4, 0.5) is 0 Å². The summed E-state index contributed by atoms with van der Waals surface area (Å²) < 4.78 is 0. The lowest BCUT2D eigenvalue weighted by Gasteiger charge is -2.58. The zero-order valence-corrected chi connectivity index (χ0v) is 17.9. The first-order chi connectivity index (χ1) is 12.8. The monoisotopic (exact) mass is 366 g/mol. The van der Waals surface area contributed by atoms with Crippen LogP contribution in [-0.4, -0.2) is 5.78 Å². The molecule has 4 rings (SSSR count). The summed E-state index contributed by atoms with van der Waals surface area (Å²) in [6, 6.07) is 0. The molecule has 3 fully saturated rings. The van der Waals surface area contributed by atoms with Gasteiger partial charge in [-0.15, -0.1) is 0 Å². The van der Waals surface area contributed by atoms with E-state index in [1.807, 2.05) is 6.08 Å². The van der Waals surface area contributed by atoms with Gasteiger partial charge in [0.2, 0.25) is 0 Å². The van der Waals surface area contributed by atoms with Gasteiger partial charge >= 0.3 is 0 Å². The molecular formula is C26H38O. The van der Waals surface area contributed by atoms with Crippen molar-refractivity contribution in [2.24, 2.45) is 34.5 Å². The molecule has 0 radical (unpaired) electrons. The van der Waals surface area contributed by atoms with Crippen molar-refractivity contribution in [3.8, 4) is 0 Å². The van der Waals surface area contributed by atoms with Crippen molar-refractivity contribution in [2.75, 3.05) is 0 Å². The molecule has 148 valence electrons. The molecule has 6 unspecified atom stereocenters. The summed E-state index contributed by atoms with van der Waals surface area (Å²) in [5.41, 5.74) is 3.74. The molecule has 0 aromatic carbocycles. The maximum atomic E-state index is 12.0. The van der Waals surface area contributed by atoms with Crippen LogP contribution in [0.2, 0.25) is 0 Å². The van der Waals surface area contributed by atoms with Gasteiger partial charge in [-0.1, -0.05) is 43.2 Å². The molecule has 0 N–H and O–H groups in total. The minimum absolute atomic E-state index is 0.319. The van der Waals surface area contributed by atoms with Crippen LogP contribution in [0.25, 0.3) is 0 Å². The number of hydrogen-bond donors (Lipinski definition) is 0. The van der Waals surface area contributed by atoms with Crippen molar-refractivity contribution in [3.63, 3.8) is 0 Å². The van der Waals surface area contributed by atoms with Crippen molar-refractivity contribution in [1.29, 1.82) is 0 Å². The zero-order chi connectivity index (χ0) is 19.2. The maximum absolute atomic E-state index is 12.0. The molecule has 1 heteroatoms. The molecule has 3 saturated carbocycles. The Morgan fingerprint density at radius 1 is 1.07 bits per heavy atom. The van der Waals surface area contributed by atoms with E-state index in [4.69, 9.17) is 0 Å². The third-order valence-electron chi connectivity index (χ3n) is 9.14. The fourth-order valence-electron chi connectivity index (χ4n) is 7.56. The summed E-state index contributed by atoms with van der Waals surface area (Å²) in [4.78, 5) is 12.0. The van der Waals surface area contributed by atoms with Crippen molar-refractivity contribution < 1.29 is 4.79 Å². The van der Waals surface area contributed by atoms with E-state index >= 15 is 0 Å². The Bertz CT molecular complexity index is 691. The molecular weight excluding hydrogens is 328 g/mol. The molecule has 27 heavy (non-hydrogen) atoms. The summed E-state index contributed by atoms with van der Waals surface area (Å²) in [6.07, 6.45) is 20.3. The molecule has 0 bridgehead atoms. The second-order valence-electron chi connectivity index (χ2n) is 10.7. The van der Waals surface area contributed by atoms with Crippen LogP contribution in [0.15, 0.2) is 35.5 Å². The number of hydrogen-bond acceptors (Lipinski definition) is 1. The lowest BCUT2D eigenvalue weighted by atomic mass is 9.47. The Morgan fingerprint density at radius 3 is 2.67 bits per heavy atom. The van der Waals surface area contributed by atoms with Crippen LogP contribution < -0.4 is 0 Å². The maximum Gasteiger partial charge on any atom is 0.155 e. The van der Waals surface area contributed by atoms with E-state index in [1.54, 1.807) is 0 Å². The molecule has 0 saturated heterocycles. The second kappa shape index (κ2) is 7.05. The Hall–Kier alpha value is -1.11. The molecule has 4 aliphatic rings. The molecule has 6 atom stereocenters. The summed E-state index contributed by atoms with van der Waals surface area (Å²) in [5.74, 6) is 3.87. The third kappa shape index (κ3) is 3.19. The first-order valence-electron chi connectivity index (χ1n) is 11.4. The molecule has 0 heterocycles. The van der Waals surface area contributed by atoms with Crippen LogP contribution in [0.3, 0.4) is 0 Å². The van der Waals surface area contributed by atoms with Crippen LogP contribution in [0.5, 0.6) is 0 Å². The van der Waals surface area contributed by atoms with Gasteiger partial charge in [0.05, 0.1) is 0 Å². The van der Waals surface area contributed by atoms with Crippen molar-refractivity contribution in [3.05, 3.63) is 35.5 Å². The van der Waals surface area contributed by atoms with Gasteiger partial charge < -0.3 is 0 Å². The lowest BCUT2D eigenvalue weighted by molar-refractivity contribution is -0.117. The molecule has 0 spiro atoms. The zero-order valence-electron chi connectivity index (χ0n) is 17.9. The van der Waals surface area contributed by atoms with E-state index in [0.29, 0.717) is 16.6 Å². The van der Waals surface area contributed by atoms with Gasteiger partial charge in [0.15, 0.2) is 5.78 Å². The van der Waals surface area contributed by atoms with Crippen LogP contribution in [0.1, 0.15) is 85.5 Å². The van der Waals surface area contributed by atoms with E-state index in [9.17, 15) is 4.79 Å². The molecule has 0 aromatic heterocycles. The van der Waals surface area contributed by atoms with Crippen LogP contribution >= 0.6 is 0 Å². The first-order valence-corrected chi connectivity index (χ1v) is 11.4. The Labute approximate surface area is 166 Å². The summed E-state index contributed by atoms with van der Waals surface area (Å²) in [6.45, 7) is 9.46. The Balaban J connectivity index is 1.52. The third-order valence-corrected chi connectivity index (χ3v) is 9.14. The van der Waals surface area contributed by atoms with Gasteiger partial charge in [0, 0.05) is 6.42 Å². The lowest BCUT2D eigenvalue weighted by Crippen LogP contribution is -2.50. The normalized spacial score (nSPS) is 43.7. The Kier molecular flexibility index (Phi) is 5.02. The highest BCUT2D eigenvalue weighted by Crippen LogP contribution is 2.67. The van der Waals surface area contributed by atoms with Gasteiger partial charge in [-0.2, -0.15) is 0 Å². The topological polar surface area (TPSA) is 17.1 Å². The number of carbonyl (C=O) groups is 1. The van der Waals surface area contributed by atoms with Gasteiger partial charge in [0.1, 0.15) is 0 Å². The average molecular weight is 367 g/mol. The molecule has 4 aliphatic carbocycles. The van der Waals surface area contributed by atoms with E-state index in [1.165, 1.54) is 56.1 Å². The van der Waals surface area contributed by atoms with Crippen molar-refractivity contribution >= 4 is 5.78 Å². The smallest absolute Gasteiger partial charge is 0.155 e. The number of rotatable bonds is 3. The van der Waals surface area contributed by atoms with Gasteiger partial charge in [-0.05, 0) is 106 Å². The Morgan fingerprint density at radius 2 is 1.89 bits per heavy atom. The molecule has 0 amide bonds. The standard InChI is InChI=1S/C26H38O/c1-18(2)7-5-6-8-19-10-12-23-22-11-9-20-17-21(27)13-15-26(20,4)24(22)14-16-25(19,23)3/h5-7,17,19,22-24H,8-16H2,1-4H3/b6-5+. The minimum atomic E-state index is 0.319. The quantitative estimate of drug-likeness (QED) is 0.489. The average Bonchev–Trinajstić information content (AvgIpc) is 2.96. The number of ketones is 1. The highest BCUT2D eigenvalue weighted by Gasteiger charge is 2.58. The highest BCUT2D eigenvalue weighted by molar-refractivity contribution is 5.91. The highest BCUT2D eigenvalue weighted by atomic mass is 16.1. The summed E-state index contributed by atoms with van der Waals surface area (Å²) >= 11 is 0. The van der Waals surface area contributed by atoms with E-state index in [2.05, 4.69) is 45.9 Å². The number of fused-ring (bicyclic) bond motifs is 5. The molecule has 0 aliphatic heterocycles. The fourth-order valence-corrected chi connectivity index (χ4v) is 7.56.